The van der Waals surface area contributed by atoms with Crippen LogP contribution >= 0.6 is 11.6 Å². The first-order chi connectivity index (χ1) is 5.22. The molecule has 0 heterocycles. The summed E-state index contributed by atoms with van der Waals surface area (Å²) in [6.45, 7) is 3.43. The van der Waals surface area contributed by atoms with E-state index >= 15 is 0 Å². The van der Waals surface area contributed by atoms with Gasteiger partial charge < -0.3 is 4.79 Å². The van der Waals surface area contributed by atoms with E-state index in [1.165, 1.54) is 6.92 Å². The van der Waals surface area contributed by atoms with Crippen molar-refractivity contribution in [2.75, 3.05) is 0 Å². The molecule has 0 spiro atoms. The van der Waals surface area contributed by atoms with Crippen LogP contribution in [-0.2, 0) is 4.79 Å². The van der Waals surface area contributed by atoms with Gasteiger partial charge in [0.15, 0.2) is 0 Å². The molecule has 0 aliphatic heterocycles. The van der Waals surface area contributed by atoms with Crippen LogP contribution in [0.1, 0.15) is 12.5 Å². The lowest BCUT2D eigenvalue weighted by atomic mass is 10.2. The number of rotatable bonds is 0. The molecule has 11 heavy (non-hydrogen) atoms. The van der Waals surface area contributed by atoms with Crippen molar-refractivity contribution in [2.24, 2.45) is 0 Å². The lowest BCUT2D eigenvalue weighted by Crippen LogP contribution is -1.68. The third kappa shape index (κ3) is 4.57. The van der Waals surface area contributed by atoms with E-state index in [4.69, 9.17) is 16.4 Å². The fourth-order valence-corrected chi connectivity index (χ4v) is 0.687. The van der Waals surface area contributed by atoms with E-state index < -0.39 is 0 Å². The standard InChI is InChI=1S/C7H7Cl.C2H4O/c1-6-4-2-3-5-7(6)8;1-2-3/h2-5H,1H3;2H,1H3. The molecular formula is C9H11ClO. The minimum absolute atomic E-state index is 0.750. The van der Waals surface area contributed by atoms with Gasteiger partial charge >= 0.3 is 0 Å². The van der Waals surface area contributed by atoms with Crippen LogP contribution in [0.5, 0.6) is 0 Å². The molecule has 60 valence electrons. The van der Waals surface area contributed by atoms with Crippen molar-refractivity contribution in [2.45, 2.75) is 13.8 Å². The summed E-state index contributed by atoms with van der Waals surface area (Å²) in [5, 5.41) is 0.840. The second kappa shape index (κ2) is 5.93. The second-order valence-electron chi connectivity index (χ2n) is 1.98. The van der Waals surface area contributed by atoms with Crippen molar-refractivity contribution in [3.8, 4) is 0 Å². The van der Waals surface area contributed by atoms with Gasteiger partial charge in [-0.15, -0.1) is 0 Å². The van der Waals surface area contributed by atoms with Crippen molar-refractivity contribution in [1.82, 2.24) is 0 Å². The Hall–Kier alpha value is -0.820. The third-order valence-electron chi connectivity index (χ3n) is 1.08. The maximum atomic E-state index is 8.81. The Morgan fingerprint density at radius 3 is 2.09 bits per heavy atom. The quantitative estimate of drug-likeness (QED) is 0.548. The van der Waals surface area contributed by atoms with Crippen LogP contribution < -0.4 is 0 Å². The van der Waals surface area contributed by atoms with Crippen molar-refractivity contribution in [3.63, 3.8) is 0 Å². The van der Waals surface area contributed by atoms with Crippen LogP contribution in [0.3, 0.4) is 0 Å². The lowest BCUT2D eigenvalue weighted by Gasteiger charge is -1.90. The SMILES string of the molecule is CC=O.Cc1ccccc1Cl. The van der Waals surface area contributed by atoms with Crippen molar-refractivity contribution in [3.05, 3.63) is 34.9 Å². The summed E-state index contributed by atoms with van der Waals surface area (Å²) in [5.74, 6) is 0. The minimum atomic E-state index is 0.750. The zero-order valence-corrected chi connectivity index (χ0v) is 7.43. The van der Waals surface area contributed by atoms with E-state index in [1.807, 2.05) is 31.2 Å². The Kier molecular flexibility index (Phi) is 5.49. The summed E-state index contributed by atoms with van der Waals surface area (Å²) >= 11 is 5.71. The van der Waals surface area contributed by atoms with Crippen molar-refractivity contribution < 1.29 is 4.79 Å². The van der Waals surface area contributed by atoms with Crippen molar-refractivity contribution in [1.29, 1.82) is 0 Å². The zero-order chi connectivity index (χ0) is 8.69. The van der Waals surface area contributed by atoms with Crippen LogP contribution in [0, 0.1) is 6.92 Å². The first-order valence-corrected chi connectivity index (χ1v) is 3.71. The van der Waals surface area contributed by atoms with Crippen LogP contribution in [0.2, 0.25) is 5.02 Å². The largest absolute Gasteiger partial charge is 0.304 e. The molecule has 1 aromatic rings. The smallest absolute Gasteiger partial charge is 0.116 e. The average Bonchev–Trinajstić information content (AvgIpc) is 1.97. The molecule has 0 saturated carbocycles. The maximum Gasteiger partial charge on any atom is 0.116 e. The zero-order valence-electron chi connectivity index (χ0n) is 6.67. The maximum absolute atomic E-state index is 8.81. The van der Waals surface area contributed by atoms with Gasteiger partial charge in [-0.25, -0.2) is 0 Å². The average molecular weight is 171 g/mol. The number of carbonyl (C=O) groups excluding carboxylic acids is 1. The van der Waals surface area contributed by atoms with E-state index in [-0.39, 0.29) is 0 Å². The summed E-state index contributed by atoms with van der Waals surface area (Å²) < 4.78 is 0. The van der Waals surface area contributed by atoms with Crippen LogP contribution in [0.25, 0.3) is 0 Å². The van der Waals surface area contributed by atoms with Crippen molar-refractivity contribution >= 4 is 17.9 Å². The number of aryl methyl sites for hydroxylation is 1. The number of halogens is 1. The molecule has 0 aromatic heterocycles. The van der Waals surface area contributed by atoms with E-state index in [1.54, 1.807) is 0 Å². The van der Waals surface area contributed by atoms with Gasteiger partial charge in [-0.05, 0) is 25.5 Å². The molecular weight excluding hydrogens is 160 g/mol. The predicted octanol–water partition coefficient (Wildman–Crippen LogP) is 2.85. The first-order valence-electron chi connectivity index (χ1n) is 3.33. The molecule has 0 aliphatic rings. The Morgan fingerprint density at radius 1 is 1.36 bits per heavy atom. The number of carbonyl (C=O) groups is 1. The molecule has 0 atom stereocenters. The van der Waals surface area contributed by atoms with Gasteiger partial charge in [-0.3, -0.25) is 0 Å². The number of benzene rings is 1. The first kappa shape index (κ1) is 10.2. The molecule has 1 aromatic carbocycles. The van der Waals surface area contributed by atoms with Gasteiger partial charge in [0.25, 0.3) is 0 Å². The number of hydrogen-bond donors (Lipinski definition) is 0. The molecule has 0 saturated heterocycles. The van der Waals surface area contributed by atoms with E-state index in [0.29, 0.717) is 0 Å². The number of hydrogen-bond acceptors (Lipinski definition) is 1. The summed E-state index contributed by atoms with van der Waals surface area (Å²) in [6, 6.07) is 7.77. The molecule has 1 nitrogen and oxygen atoms in total. The van der Waals surface area contributed by atoms with Crippen LogP contribution in [-0.4, -0.2) is 6.29 Å². The highest BCUT2D eigenvalue weighted by Crippen LogP contribution is 2.11. The Morgan fingerprint density at radius 2 is 1.82 bits per heavy atom. The van der Waals surface area contributed by atoms with E-state index in [2.05, 4.69) is 0 Å². The molecule has 0 aliphatic carbocycles. The van der Waals surface area contributed by atoms with E-state index in [0.717, 1.165) is 16.9 Å². The fraction of sp³-hybridized carbons (Fsp3) is 0.222. The molecule has 0 radical (unpaired) electrons. The minimum Gasteiger partial charge on any atom is -0.304 e. The molecule has 0 unspecified atom stereocenters. The molecule has 0 N–H and O–H groups in total. The van der Waals surface area contributed by atoms with Gasteiger partial charge in [-0.1, -0.05) is 29.8 Å². The molecule has 1 rings (SSSR count). The normalized spacial score (nSPS) is 7.91. The summed E-state index contributed by atoms with van der Waals surface area (Å²) in [4.78, 5) is 8.81. The Bertz CT molecular complexity index is 200. The van der Waals surface area contributed by atoms with Gasteiger partial charge in [-0.2, -0.15) is 0 Å². The van der Waals surface area contributed by atoms with Crippen LogP contribution in [0.15, 0.2) is 24.3 Å². The highest BCUT2D eigenvalue weighted by molar-refractivity contribution is 6.31. The molecule has 0 bridgehead atoms. The highest BCUT2D eigenvalue weighted by atomic mass is 35.5. The number of aldehydes is 1. The predicted molar refractivity (Wildman–Crippen MR) is 47.9 cm³/mol. The van der Waals surface area contributed by atoms with Gasteiger partial charge in [0.1, 0.15) is 6.29 Å². The summed E-state index contributed by atoms with van der Waals surface area (Å²) in [5.41, 5.74) is 1.13. The van der Waals surface area contributed by atoms with E-state index in [9.17, 15) is 0 Å². The summed E-state index contributed by atoms with van der Waals surface area (Å²) in [7, 11) is 0. The van der Waals surface area contributed by atoms with Crippen LogP contribution in [0.4, 0.5) is 0 Å². The van der Waals surface area contributed by atoms with Gasteiger partial charge in [0.05, 0.1) is 0 Å². The second-order valence-corrected chi connectivity index (χ2v) is 2.39. The fourth-order valence-electron chi connectivity index (χ4n) is 0.551. The van der Waals surface area contributed by atoms with Gasteiger partial charge in [0, 0.05) is 5.02 Å². The molecule has 0 fully saturated rings. The monoisotopic (exact) mass is 170 g/mol. The summed E-state index contributed by atoms with van der Waals surface area (Å²) in [6.07, 6.45) is 0.750. The molecule has 0 amide bonds. The highest BCUT2D eigenvalue weighted by Gasteiger charge is 1.86. The topological polar surface area (TPSA) is 17.1 Å². The Labute approximate surface area is 72.0 Å². The molecule has 2 heteroatoms. The van der Waals surface area contributed by atoms with Gasteiger partial charge in [0.2, 0.25) is 0 Å². The lowest BCUT2D eigenvalue weighted by molar-refractivity contribution is -0.106. The Balaban J connectivity index is 0.000000292. The third-order valence-corrected chi connectivity index (χ3v) is 1.50.